The van der Waals surface area contributed by atoms with Gasteiger partial charge in [0.05, 0.1) is 6.61 Å². The molecule has 0 fully saturated rings. The lowest BCUT2D eigenvalue weighted by Gasteiger charge is -2.34. The lowest BCUT2D eigenvalue weighted by Crippen LogP contribution is -2.65. The summed E-state index contributed by atoms with van der Waals surface area (Å²) in [6, 6.07) is 0. The van der Waals surface area contributed by atoms with Crippen LogP contribution in [0.3, 0.4) is 0 Å². The molecule has 0 heterocycles. The van der Waals surface area contributed by atoms with Gasteiger partial charge in [-0.05, 0) is 12.3 Å². The standard InChI is InChI=1S/C9H15F6NO2/c1-6(3-4-17-2)5-18-7(16,8(10,11)12)9(13,14)15/h6H,3-5,16H2,1-2H3. The van der Waals surface area contributed by atoms with Crippen molar-refractivity contribution in [1.82, 2.24) is 0 Å². The number of methoxy groups -OCH3 is 1. The van der Waals surface area contributed by atoms with Crippen LogP contribution >= 0.6 is 0 Å². The fourth-order valence-electron chi connectivity index (χ4n) is 1.00. The number of rotatable bonds is 6. The van der Waals surface area contributed by atoms with E-state index < -0.39 is 30.6 Å². The third kappa shape index (κ3) is 4.29. The van der Waals surface area contributed by atoms with Gasteiger partial charge in [0.2, 0.25) is 0 Å². The highest BCUT2D eigenvalue weighted by atomic mass is 19.4. The predicted octanol–water partition coefficient (Wildman–Crippen LogP) is 2.46. The first-order chi connectivity index (χ1) is 7.95. The second kappa shape index (κ2) is 6.07. The average molecular weight is 283 g/mol. The Bertz CT molecular complexity index is 238. The van der Waals surface area contributed by atoms with E-state index in [0.717, 1.165) is 0 Å². The van der Waals surface area contributed by atoms with Crippen molar-refractivity contribution in [2.45, 2.75) is 31.4 Å². The molecule has 0 radical (unpaired) electrons. The number of ether oxygens (including phenoxy) is 2. The van der Waals surface area contributed by atoms with Crippen molar-refractivity contribution in [3.05, 3.63) is 0 Å². The molecule has 0 aromatic rings. The smallest absolute Gasteiger partial charge is 0.385 e. The Morgan fingerprint density at radius 3 is 1.83 bits per heavy atom. The Labute approximate surface area is 100 Å². The van der Waals surface area contributed by atoms with Gasteiger partial charge in [-0.1, -0.05) is 6.92 Å². The molecule has 2 N–H and O–H groups in total. The van der Waals surface area contributed by atoms with Crippen molar-refractivity contribution in [2.75, 3.05) is 20.3 Å². The van der Waals surface area contributed by atoms with Crippen molar-refractivity contribution in [2.24, 2.45) is 11.7 Å². The van der Waals surface area contributed by atoms with Gasteiger partial charge >= 0.3 is 18.1 Å². The summed E-state index contributed by atoms with van der Waals surface area (Å²) in [7, 11) is 1.37. The maximum Gasteiger partial charge on any atom is 0.440 e. The molecule has 1 unspecified atom stereocenters. The van der Waals surface area contributed by atoms with Crippen molar-refractivity contribution in [3.8, 4) is 0 Å². The molecular weight excluding hydrogens is 268 g/mol. The molecule has 18 heavy (non-hydrogen) atoms. The van der Waals surface area contributed by atoms with Crippen LogP contribution in [0.1, 0.15) is 13.3 Å². The van der Waals surface area contributed by atoms with E-state index in [1.807, 2.05) is 0 Å². The van der Waals surface area contributed by atoms with E-state index >= 15 is 0 Å². The Kier molecular flexibility index (Phi) is 5.89. The van der Waals surface area contributed by atoms with Gasteiger partial charge in [-0.2, -0.15) is 26.3 Å². The summed E-state index contributed by atoms with van der Waals surface area (Å²) in [5.74, 6) is -0.544. The van der Waals surface area contributed by atoms with Gasteiger partial charge in [0, 0.05) is 13.7 Å². The Hall–Kier alpha value is -0.540. The van der Waals surface area contributed by atoms with Gasteiger partial charge in [0.1, 0.15) is 0 Å². The minimum atomic E-state index is -5.73. The lowest BCUT2D eigenvalue weighted by molar-refractivity contribution is -0.380. The molecule has 0 rings (SSSR count). The van der Waals surface area contributed by atoms with Crippen molar-refractivity contribution < 1.29 is 35.8 Å². The summed E-state index contributed by atoms with van der Waals surface area (Å²) in [6.07, 6.45) is -11.2. The highest BCUT2D eigenvalue weighted by Gasteiger charge is 2.70. The number of alkyl halides is 6. The van der Waals surface area contributed by atoms with E-state index in [-0.39, 0.29) is 13.0 Å². The Morgan fingerprint density at radius 1 is 1.06 bits per heavy atom. The molecule has 0 amide bonds. The van der Waals surface area contributed by atoms with Crippen LogP contribution in [0, 0.1) is 5.92 Å². The molecule has 0 aliphatic carbocycles. The number of hydrogen-bond donors (Lipinski definition) is 1. The summed E-state index contributed by atoms with van der Waals surface area (Å²) in [4.78, 5) is 0. The zero-order chi connectivity index (χ0) is 14.6. The molecular formula is C9H15F6NO2. The Morgan fingerprint density at radius 2 is 1.50 bits per heavy atom. The van der Waals surface area contributed by atoms with Gasteiger partial charge < -0.3 is 9.47 Å². The minimum absolute atomic E-state index is 0.208. The number of halogens is 6. The van der Waals surface area contributed by atoms with Crippen LogP contribution in [-0.2, 0) is 9.47 Å². The minimum Gasteiger partial charge on any atom is -0.385 e. The molecule has 0 saturated heterocycles. The van der Waals surface area contributed by atoms with Crippen LogP contribution in [0.25, 0.3) is 0 Å². The van der Waals surface area contributed by atoms with Gasteiger partial charge in [-0.3, -0.25) is 5.73 Å². The molecule has 3 nitrogen and oxygen atoms in total. The fraction of sp³-hybridized carbons (Fsp3) is 1.00. The second-order valence-corrected chi connectivity index (χ2v) is 3.93. The molecule has 110 valence electrons. The van der Waals surface area contributed by atoms with Crippen LogP contribution in [0.2, 0.25) is 0 Å². The molecule has 9 heteroatoms. The quantitative estimate of drug-likeness (QED) is 0.601. The highest BCUT2D eigenvalue weighted by Crippen LogP contribution is 2.42. The summed E-state index contributed by atoms with van der Waals surface area (Å²) in [6.45, 7) is 0.880. The average Bonchev–Trinajstić information content (AvgIpc) is 2.19. The Balaban J connectivity index is 4.65. The highest BCUT2D eigenvalue weighted by molar-refractivity contribution is 4.90. The van der Waals surface area contributed by atoms with Crippen molar-refractivity contribution >= 4 is 0 Å². The first-order valence-corrected chi connectivity index (χ1v) is 5.01. The lowest BCUT2D eigenvalue weighted by atomic mass is 10.1. The van der Waals surface area contributed by atoms with E-state index in [2.05, 4.69) is 15.2 Å². The molecule has 0 saturated carbocycles. The van der Waals surface area contributed by atoms with Crippen molar-refractivity contribution in [1.29, 1.82) is 0 Å². The van der Waals surface area contributed by atoms with E-state index in [0.29, 0.717) is 0 Å². The summed E-state index contributed by atoms with van der Waals surface area (Å²) < 4.78 is 82.4. The van der Waals surface area contributed by atoms with Crippen LogP contribution in [0.15, 0.2) is 0 Å². The van der Waals surface area contributed by atoms with Crippen molar-refractivity contribution in [3.63, 3.8) is 0 Å². The molecule has 0 aliphatic rings. The van der Waals surface area contributed by atoms with E-state index in [1.54, 1.807) is 0 Å². The maximum atomic E-state index is 12.3. The number of hydrogen-bond acceptors (Lipinski definition) is 3. The third-order valence-corrected chi connectivity index (χ3v) is 2.25. The molecule has 0 aromatic carbocycles. The predicted molar refractivity (Wildman–Crippen MR) is 50.6 cm³/mol. The van der Waals surface area contributed by atoms with Gasteiger partial charge in [-0.15, -0.1) is 0 Å². The topological polar surface area (TPSA) is 44.5 Å². The van der Waals surface area contributed by atoms with Crippen LogP contribution in [0.5, 0.6) is 0 Å². The summed E-state index contributed by atoms with van der Waals surface area (Å²) >= 11 is 0. The van der Waals surface area contributed by atoms with E-state index in [1.165, 1.54) is 14.0 Å². The third-order valence-electron chi connectivity index (χ3n) is 2.25. The summed E-state index contributed by atoms with van der Waals surface area (Å²) in [5.41, 5.74) is -0.312. The molecule has 0 aliphatic heterocycles. The molecule has 0 spiro atoms. The van der Waals surface area contributed by atoms with Crippen LogP contribution in [0.4, 0.5) is 26.3 Å². The van der Waals surface area contributed by atoms with E-state index in [4.69, 9.17) is 0 Å². The number of nitrogens with two attached hydrogens (primary N) is 1. The molecule has 0 bridgehead atoms. The molecule has 0 aromatic heterocycles. The monoisotopic (exact) mass is 283 g/mol. The van der Waals surface area contributed by atoms with Gasteiger partial charge in [0.15, 0.2) is 0 Å². The second-order valence-electron chi connectivity index (χ2n) is 3.93. The van der Waals surface area contributed by atoms with E-state index in [9.17, 15) is 26.3 Å². The first kappa shape index (κ1) is 17.5. The largest absolute Gasteiger partial charge is 0.440 e. The van der Waals surface area contributed by atoms with Crippen LogP contribution in [-0.4, -0.2) is 38.4 Å². The summed E-state index contributed by atoms with van der Waals surface area (Å²) in [5, 5.41) is 0. The SMILES string of the molecule is COCCC(C)COC(N)(C(F)(F)F)C(F)(F)F. The fourth-order valence-corrected chi connectivity index (χ4v) is 1.00. The molecule has 1 atom stereocenters. The first-order valence-electron chi connectivity index (χ1n) is 5.01. The zero-order valence-electron chi connectivity index (χ0n) is 9.86. The van der Waals surface area contributed by atoms with Gasteiger partial charge in [0.25, 0.3) is 0 Å². The maximum absolute atomic E-state index is 12.3. The van der Waals surface area contributed by atoms with Crippen LogP contribution < -0.4 is 5.73 Å². The normalized spacial score (nSPS) is 15.8. The zero-order valence-corrected chi connectivity index (χ0v) is 9.86. The van der Waals surface area contributed by atoms with Gasteiger partial charge in [-0.25, -0.2) is 0 Å².